The molecule has 0 spiro atoms. The zero-order chi connectivity index (χ0) is 19.2. The molecule has 0 unspecified atom stereocenters. The highest BCUT2D eigenvalue weighted by molar-refractivity contribution is 7.99. The van der Waals surface area contributed by atoms with Crippen molar-refractivity contribution in [1.82, 2.24) is 14.9 Å². The Balaban J connectivity index is 1.93. The van der Waals surface area contributed by atoms with Crippen LogP contribution in [0.4, 0.5) is 0 Å². The van der Waals surface area contributed by atoms with Gasteiger partial charge in [-0.25, -0.2) is 4.98 Å². The molecule has 2 aromatic carbocycles. The Labute approximate surface area is 161 Å². The van der Waals surface area contributed by atoms with Crippen LogP contribution in [-0.2, 0) is 11.3 Å². The van der Waals surface area contributed by atoms with E-state index in [0.29, 0.717) is 34.9 Å². The molecular formula is C20H21N3O3S. The highest BCUT2D eigenvalue weighted by Crippen LogP contribution is 2.19. The Morgan fingerprint density at radius 3 is 2.63 bits per heavy atom. The predicted octanol–water partition coefficient (Wildman–Crippen LogP) is 2.68. The minimum absolute atomic E-state index is 0.0709. The molecule has 0 bridgehead atoms. The normalized spacial score (nSPS) is 10.7. The zero-order valence-corrected chi connectivity index (χ0v) is 16.1. The monoisotopic (exact) mass is 383 g/mol. The number of aromatic nitrogens is 2. The van der Waals surface area contributed by atoms with Crippen molar-refractivity contribution in [1.29, 1.82) is 0 Å². The van der Waals surface area contributed by atoms with E-state index in [9.17, 15) is 9.59 Å². The van der Waals surface area contributed by atoms with Gasteiger partial charge in [0.15, 0.2) is 5.16 Å². The van der Waals surface area contributed by atoms with E-state index in [1.54, 1.807) is 17.7 Å². The lowest BCUT2D eigenvalue weighted by molar-refractivity contribution is -0.118. The van der Waals surface area contributed by atoms with Crippen LogP contribution in [0.15, 0.2) is 58.5 Å². The number of para-hydroxylation sites is 1. The van der Waals surface area contributed by atoms with Crippen molar-refractivity contribution >= 4 is 28.6 Å². The first kappa shape index (κ1) is 19.0. The van der Waals surface area contributed by atoms with Crippen molar-refractivity contribution in [2.75, 3.05) is 19.4 Å². The summed E-state index contributed by atoms with van der Waals surface area (Å²) >= 11 is 1.46. The number of thioether (sulfide) groups is 1. The van der Waals surface area contributed by atoms with Crippen LogP contribution in [0.2, 0.25) is 0 Å². The number of hydrogen-bond donors (Lipinski definition) is 1. The molecule has 27 heavy (non-hydrogen) atoms. The fraction of sp³-hybridized carbons (Fsp3) is 0.250. The lowest BCUT2D eigenvalue weighted by Gasteiger charge is -2.13. The van der Waals surface area contributed by atoms with Crippen LogP contribution in [-0.4, -0.2) is 34.9 Å². The second kappa shape index (κ2) is 8.73. The van der Waals surface area contributed by atoms with E-state index in [-0.39, 0.29) is 11.5 Å². The summed E-state index contributed by atoms with van der Waals surface area (Å²) in [4.78, 5) is 28.7. The summed E-state index contributed by atoms with van der Waals surface area (Å²) in [6, 6.07) is 15.0. The number of methoxy groups -OCH3 is 1. The van der Waals surface area contributed by atoms with Crippen LogP contribution in [0.1, 0.15) is 12.5 Å². The van der Waals surface area contributed by atoms with Gasteiger partial charge in [-0.3, -0.25) is 14.2 Å². The van der Waals surface area contributed by atoms with Gasteiger partial charge in [0.05, 0.1) is 24.6 Å². The summed E-state index contributed by atoms with van der Waals surface area (Å²) in [6.45, 7) is 2.42. The molecule has 0 fully saturated rings. The summed E-state index contributed by atoms with van der Waals surface area (Å²) in [6.07, 6.45) is 0. The molecule has 140 valence electrons. The number of amides is 1. The van der Waals surface area contributed by atoms with Crippen molar-refractivity contribution < 1.29 is 9.53 Å². The first-order valence-electron chi connectivity index (χ1n) is 8.58. The third kappa shape index (κ3) is 4.68. The van der Waals surface area contributed by atoms with Gasteiger partial charge in [-0.1, -0.05) is 36.0 Å². The molecule has 1 heterocycles. The predicted molar refractivity (Wildman–Crippen MR) is 108 cm³/mol. The van der Waals surface area contributed by atoms with Gasteiger partial charge in [-0.05, 0) is 29.8 Å². The lowest BCUT2D eigenvalue weighted by Crippen LogP contribution is -2.25. The molecule has 0 radical (unpaired) electrons. The van der Waals surface area contributed by atoms with Gasteiger partial charge in [0.1, 0.15) is 5.75 Å². The molecule has 0 saturated heterocycles. The second-order valence-corrected chi connectivity index (χ2v) is 7.04. The Kier molecular flexibility index (Phi) is 6.13. The number of ether oxygens (including phenoxy) is 1. The number of rotatable bonds is 7. The topological polar surface area (TPSA) is 73.2 Å². The molecule has 7 heteroatoms. The molecule has 1 N–H and O–H groups in total. The average molecular weight is 383 g/mol. The number of carbonyl (C=O) groups excluding carboxylic acids is 1. The van der Waals surface area contributed by atoms with Crippen molar-refractivity contribution in [3.05, 3.63) is 64.4 Å². The van der Waals surface area contributed by atoms with E-state index in [1.807, 2.05) is 42.5 Å². The molecule has 0 aliphatic heterocycles. The van der Waals surface area contributed by atoms with E-state index in [4.69, 9.17) is 4.74 Å². The minimum atomic E-state index is -0.0716. The smallest absolute Gasteiger partial charge is 0.262 e. The fourth-order valence-electron chi connectivity index (χ4n) is 2.68. The first-order chi connectivity index (χ1) is 13.1. The Morgan fingerprint density at radius 2 is 1.93 bits per heavy atom. The number of benzene rings is 2. The van der Waals surface area contributed by atoms with Gasteiger partial charge in [-0.2, -0.15) is 0 Å². The van der Waals surface area contributed by atoms with Crippen LogP contribution in [0.5, 0.6) is 5.75 Å². The molecule has 0 saturated carbocycles. The molecule has 0 aliphatic rings. The van der Waals surface area contributed by atoms with E-state index in [2.05, 4.69) is 10.3 Å². The van der Waals surface area contributed by atoms with Gasteiger partial charge >= 0.3 is 0 Å². The zero-order valence-electron chi connectivity index (χ0n) is 15.3. The van der Waals surface area contributed by atoms with Crippen molar-refractivity contribution in [3.8, 4) is 5.75 Å². The van der Waals surface area contributed by atoms with Gasteiger partial charge in [-0.15, -0.1) is 0 Å². The summed E-state index contributed by atoms with van der Waals surface area (Å²) in [5, 5.41) is 3.99. The van der Waals surface area contributed by atoms with Crippen LogP contribution < -0.4 is 15.6 Å². The quantitative estimate of drug-likeness (QED) is 0.386. The van der Waals surface area contributed by atoms with Crippen LogP contribution >= 0.6 is 11.8 Å². The Morgan fingerprint density at radius 1 is 1.19 bits per heavy atom. The summed E-state index contributed by atoms with van der Waals surface area (Å²) in [5.74, 6) is 1.33. The first-order valence-corrected chi connectivity index (χ1v) is 9.57. The van der Waals surface area contributed by atoms with Crippen molar-refractivity contribution in [2.45, 2.75) is 18.6 Å². The SMILES string of the molecule is COc1ccc(Cn2c(SCCNC(C)=O)nc3ccccc3c2=O)cc1. The third-order valence-electron chi connectivity index (χ3n) is 4.03. The standard InChI is InChI=1S/C20H21N3O3S/c1-14(24)21-11-12-27-20-22-18-6-4-3-5-17(18)19(25)23(20)13-15-7-9-16(26-2)10-8-15/h3-10H,11-13H2,1-2H3,(H,21,24). The Bertz CT molecular complexity index is 1000. The molecular weight excluding hydrogens is 362 g/mol. The number of carbonyl (C=O) groups is 1. The maximum absolute atomic E-state index is 13.0. The lowest BCUT2D eigenvalue weighted by atomic mass is 10.2. The molecule has 3 rings (SSSR count). The number of nitrogens with one attached hydrogen (secondary N) is 1. The molecule has 6 nitrogen and oxygen atoms in total. The van der Waals surface area contributed by atoms with Crippen LogP contribution in [0.25, 0.3) is 10.9 Å². The molecule has 1 amide bonds. The van der Waals surface area contributed by atoms with E-state index in [1.165, 1.54) is 18.7 Å². The van der Waals surface area contributed by atoms with Crippen LogP contribution in [0, 0.1) is 0 Å². The Hall–Kier alpha value is -2.80. The minimum Gasteiger partial charge on any atom is -0.497 e. The van der Waals surface area contributed by atoms with Gasteiger partial charge in [0, 0.05) is 19.2 Å². The van der Waals surface area contributed by atoms with E-state index >= 15 is 0 Å². The third-order valence-corrected chi connectivity index (χ3v) is 5.01. The van der Waals surface area contributed by atoms with Gasteiger partial charge in [0.25, 0.3) is 5.56 Å². The molecule has 3 aromatic rings. The summed E-state index contributed by atoms with van der Waals surface area (Å²) < 4.78 is 6.87. The van der Waals surface area contributed by atoms with Crippen molar-refractivity contribution in [2.24, 2.45) is 0 Å². The average Bonchev–Trinajstić information content (AvgIpc) is 2.68. The summed E-state index contributed by atoms with van der Waals surface area (Å²) in [7, 11) is 1.62. The number of hydrogen-bond acceptors (Lipinski definition) is 5. The van der Waals surface area contributed by atoms with Crippen LogP contribution in [0.3, 0.4) is 0 Å². The van der Waals surface area contributed by atoms with Gasteiger partial charge < -0.3 is 10.1 Å². The fourth-order valence-corrected chi connectivity index (χ4v) is 3.53. The van der Waals surface area contributed by atoms with Crippen molar-refractivity contribution in [3.63, 3.8) is 0 Å². The second-order valence-electron chi connectivity index (χ2n) is 5.98. The summed E-state index contributed by atoms with van der Waals surface area (Å²) in [5.41, 5.74) is 1.59. The molecule has 0 aliphatic carbocycles. The number of fused-ring (bicyclic) bond motifs is 1. The highest BCUT2D eigenvalue weighted by Gasteiger charge is 2.12. The van der Waals surface area contributed by atoms with Gasteiger partial charge in [0.2, 0.25) is 5.91 Å². The molecule has 0 atom stereocenters. The maximum atomic E-state index is 13.0. The maximum Gasteiger partial charge on any atom is 0.262 e. The van der Waals surface area contributed by atoms with E-state index in [0.717, 1.165) is 11.3 Å². The van der Waals surface area contributed by atoms with E-state index < -0.39 is 0 Å². The number of nitrogens with zero attached hydrogens (tertiary/aromatic N) is 2. The highest BCUT2D eigenvalue weighted by atomic mass is 32.2. The largest absolute Gasteiger partial charge is 0.497 e. The molecule has 1 aromatic heterocycles.